The number of pyridine rings is 1. The van der Waals surface area contributed by atoms with Gasteiger partial charge in [-0.3, -0.25) is 14.4 Å². The van der Waals surface area contributed by atoms with Crippen LogP contribution >= 0.6 is 11.6 Å². The summed E-state index contributed by atoms with van der Waals surface area (Å²) < 4.78 is 48.2. The van der Waals surface area contributed by atoms with Gasteiger partial charge in [-0.1, -0.05) is 24.6 Å². The molecule has 1 spiro atoms. The van der Waals surface area contributed by atoms with E-state index in [9.17, 15) is 32.7 Å². The number of ether oxygens (including phenoxy) is 1. The molecule has 16 heteroatoms. The number of hydrogen-bond donors (Lipinski definition) is 2. The Bertz CT molecular complexity index is 2200. The molecule has 4 atom stereocenters. The second-order valence-electron chi connectivity index (χ2n) is 13.7. The van der Waals surface area contributed by atoms with Gasteiger partial charge in [0.2, 0.25) is 11.7 Å². The fourth-order valence-corrected chi connectivity index (χ4v) is 8.86. The van der Waals surface area contributed by atoms with E-state index >= 15 is 0 Å². The van der Waals surface area contributed by atoms with Crippen LogP contribution in [0.3, 0.4) is 0 Å². The number of amides is 2. The first-order chi connectivity index (χ1) is 24.4. The minimum atomic E-state index is -4.60. The number of carbonyl (C=O) groups excluding carboxylic acids is 2. The number of hydrogen-bond acceptors (Lipinski definition) is 8. The zero-order valence-electron chi connectivity index (χ0n) is 27.4. The standard InChI is InChI=1S/C35H33ClF3N7O5/c1-18-16-34(10-12-44(24-7-5-21(24)34)32(50)28-25(47)3-2-11-40-28)27-29(18)45(17-26(48)41-23-6-4-20(15-22(23)36)35(37,38)39)33-42-30(43-46(33)31(27)49)19-8-13-51-14-9-19/h2-4,6,8,11,15,18,21,24,47H,5,7,9-10,12-14,16-17H2,1H3,(H,41,48)/t18-,21+,24-,34-/m1/s1. The van der Waals surface area contributed by atoms with Gasteiger partial charge in [0.25, 0.3) is 11.5 Å². The van der Waals surface area contributed by atoms with E-state index in [-0.39, 0.29) is 63.8 Å². The number of rotatable bonds is 5. The Morgan fingerprint density at radius 2 is 2.04 bits per heavy atom. The molecule has 2 aliphatic carbocycles. The quantitative estimate of drug-likeness (QED) is 0.287. The number of nitrogens with one attached hydrogen (secondary N) is 1. The first-order valence-corrected chi connectivity index (χ1v) is 17.2. The molecule has 1 saturated carbocycles. The van der Waals surface area contributed by atoms with Crippen molar-refractivity contribution in [1.82, 2.24) is 29.0 Å². The molecule has 3 aromatic heterocycles. The van der Waals surface area contributed by atoms with Gasteiger partial charge >= 0.3 is 6.18 Å². The molecule has 4 aromatic rings. The van der Waals surface area contributed by atoms with Crippen LogP contribution in [-0.4, -0.2) is 71.8 Å². The van der Waals surface area contributed by atoms with Crippen molar-refractivity contribution in [1.29, 1.82) is 0 Å². The van der Waals surface area contributed by atoms with E-state index in [0.29, 0.717) is 56.1 Å². The van der Waals surface area contributed by atoms with E-state index in [2.05, 4.69) is 15.4 Å². The predicted molar refractivity (Wildman–Crippen MR) is 179 cm³/mol. The smallest absolute Gasteiger partial charge is 0.416 e. The van der Waals surface area contributed by atoms with Crippen molar-refractivity contribution in [3.8, 4) is 5.75 Å². The van der Waals surface area contributed by atoms with Gasteiger partial charge in [0.1, 0.15) is 12.3 Å². The molecule has 2 N–H and O–H groups in total. The highest BCUT2D eigenvalue weighted by molar-refractivity contribution is 6.33. The van der Waals surface area contributed by atoms with Gasteiger partial charge in [-0.25, -0.2) is 4.98 Å². The minimum absolute atomic E-state index is 0.00991. The number of aromatic hydroxyl groups is 1. The van der Waals surface area contributed by atoms with Gasteiger partial charge in [-0.2, -0.15) is 22.7 Å². The van der Waals surface area contributed by atoms with Crippen LogP contribution < -0.4 is 10.9 Å². The average molecular weight is 724 g/mol. The number of fused-ring (bicyclic) bond motifs is 5. The first-order valence-electron chi connectivity index (χ1n) is 16.8. The number of likely N-dealkylation sites (tertiary alicyclic amines) is 1. The topological polar surface area (TPSA) is 144 Å². The molecule has 266 valence electrons. The fourth-order valence-electron chi connectivity index (χ4n) is 8.63. The zero-order valence-corrected chi connectivity index (χ0v) is 28.2. The summed E-state index contributed by atoms with van der Waals surface area (Å²) in [6, 6.07) is 5.51. The molecule has 2 aliphatic heterocycles. The summed E-state index contributed by atoms with van der Waals surface area (Å²) >= 11 is 6.17. The predicted octanol–water partition coefficient (Wildman–Crippen LogP) is 5.18. The summed E-state index contributed by atoms with van der Waals surface area (Å²) in [5.41, 5.74) is 0.106. The summed E-state index contributed by atoms with van der Waals surface area (Å²) in [6.45, 7) is 2.85. The molecular formula is C35H33ClF3N7O5. The SMILES string of the molecule is C[C@@H]1C[C@@]2(CCN(C(=O)c3ncccc3O)[C@@H]3CC[C@@H]32)c2c1n(CC(=O)Nc1ccc(C(F)(F)F)cc1Cl)c1nc(C3=CCOCC3)nn1c2=O. The van der Waals surface area contributed by atoms with Gasteiger partial charge in [0.15, 0.2) is 11.5 Å². The van der Waals surface area contributed by atoms with Crippen molar-refractivity contribution in [3.05, 3.63) is 86.3 Å². The Balaban J connectivity index is 1.20. The summed E-state index contributed by atoms with van der Waals surface area (Å²) in [7, 11) is 0. The van der Waals surface area contributed by atoms with Crippen molar-refractivity contribution in [2.75, 3.05) is 25.1 Å². The lowest BCUT2D eigenvalue weighted by atomic mass is 9.55. The highest BCUT2D eigenvalue weighted by Gasteiger charge is 2.60. The molecule has 12 nitrogen and oxygen atoms in total. The maximum absolute atomic E-state index is 14.6. The Morgan fingerprint density at radius 3 is 2.73 bits per heavy atom. The Morgan fingerprint density at radius 1 is 1.22 bits per heavy atom. The Kier molecular flexibility index (Phi) is 7.98. The van der Waals surface area contributed by atoms with Gasteiger partial charge in [-0.05, 0) is 79.8 Å². The van der Waals surface area contributed by atoms with E-state index < -0.39 is 23.1 Å². The van der Waals surface area contributed by atoms with Gasteiger partial charge in [0.05, 0.1) is 29.5 Å². The molecule has 2 amide bonds. The van der Waals surface area contributed by atoms with Crippen LogP contribution in [0.2, 0.25) is 5.02 Å². The molecule has 1 saturated heterocycles. The van der Waals surface area contributed by atoms with Crippen molar-refractivity contribution >= 4 is 40.5 Å². The van der Waals surface area contributed by atoms with Gasteiger partial charge < -0.3 is 24.6 Å². The highest BCUT2D eigenvalue weighted by Crippen LogP contribution is 2.59. The number of carbonyl (C=O) groups is 2. The third-order valence-corrected chi connectivity index (χ3v) is 11.3. The van der Waals surface area contributed by atoms with E-state index in [1.54, 1.807) is 15.5 Å². The van der Waals surface area contributed by atoms with Crippen LogP contribution in [-0.2, 0) is 27.7 Å². The normalized spacial score (nSPS) is 24.2. The number of benzene rings is 1. The molecule has 8 rings (SSSR count). The molecule has 2 fully saturated rings. The van der Waals surface area contributed by atoms with Crippen LogP contribution in [0.15, 0.2) is 47.4 Å². The van der Waals surface area contributed by atoms with Crippen LogP contribution in [0.5, 0.6) is 5.75 Å². The van der Waals surface area contributed by atoms with E-state index in [0.717, 1.165) is 36.6 Å². The molecule has 51 heavy (non-hydrogen) atoms. The number of aromatic nitrogens is 5. The second-order valence-corrected chi connectivity index (χ2v) is 14.1. The van der Waals surface area contributed by atoms with Crippen molar-refractivity contribution in [2.24, 2.45) is 5.92 Å². The Labute approximate surface area is 293 Å². The number of alkyl halides is 3. The van der Waals surface area contributed by atoms with Crippen molar-refractivity contribution in [3.63, 3.8) is 0 Å². The number of halogens is 4. The molecule has 0 unspecified atom stereocenters. The lowest BCUT2D eigenvalue weighted by molar-refractivity contribution is -0.137. The van der Waals surface area contributed by atoms with E-state index in [1.807, 2.05) is 13.0 Å². The maximum atomic E-state index is 14.6. The maximum Gasteiger partial charge on any atom is 0.416 e. The van der Waals surface area contributed by atoms with Crippen LogP contribution in [0.4, 0.5) is 18.9 Å². The molecule has 0 radical (unpaired) electrons. The average Bonchev–Trinajstić information content (AvgIpc) is 3.65. The third kappa shape index (κ3) is 5.39. The summed E-state index contributed by atoms with van der Waals surface area (Å²) in [5.74, 6) is -0.873. The number of piperidine rings is 1. The van der Waals surface area contributed by atoms with Gasteiger partial charge in [-0.15, -0.1) is 5.10 Å². The van der Waals surface area contributed by atoms with E-state index in [4.69, 9.17) is 21.3 Å². The summed E-state index contributed by atoms with van der Waals surface area (Å²) in [5, 5.41) is 17.4. The zero-order chi connectivity index (χ0) is 35.8. The third-order valence-electron chi connectivity index (χ3n) is 10.9. The lowest BCUT2D eigenvalue weighted by Gasteiger charge is -2.57. The molecule has 1 aromatic carbocycles. The van der Waals surface area contributed by atoms with Crippen LogP contribution in [0.25, 0.3) is 11.4 Å². The van der Waals surface area contributed by atoms with Crippen molar-refractivity contribution < 1.29 is 32.6 Å². The van der Waals surface area contributed by atoms with Crippen LogP contribution in [0, 0.1) is 5.92 Å². The highest BCUT2D eigenvalue weighted by atomic mass is 35.5. The van der Waals surface area contributed by atoms with Crippen molar-refractivity contribution in [2.45, 2.75) is 69.1 Å². The van der Waals surface area contributed by atoms with Gasteiger partial charge in [0, 0.05) is 35.5 Å². The summed E-state index contributed by atoms with van der Waals surface area (Å²) in [6.07, 6.45) is 1.83. The first kappa shape index (κ1) is 33.4. The van der Waals surface area contributed by atoms with E-state index in [1.165, 1.54) is 16.8 Å². The number of nitrogens with zero attached hydrogens (tertiary/aromatic N) is 6. The monoisotopic (exact) mass is 723 g/mol. The largest absolute Gasteiger partial charge is 0.505 e. The van der Waals surface area contributed by atoms with Crippen LogP contribution in [0.1, 0.15) is 78.1 Å². The number of anilines is 1. The molecule has 4 aliphatic rings. The minimum Gasteiger partial charge on any atom is -0.505 e. The second kappa shape index (κ2) is 12.2. The Hall–Kier alpha value is -4.76. The molecule has 5 heterocycles. The summed E-state index contributed by atoms with van der Waals surface area (Å²) in [4.78, 5) is 52.6. The molecular weight excluding hydrogens is 691 g/mol. The molecule has 0 bridgehead atoms. The lowest BCUT2D eigenvalue weighted by Crippen LogP contribution is -2.63. The fraction of sp³-hybridized carbons (Fsp3) is 0.429.